The predicted molar refractivity (Wildman–Crippen MR) is 478 cm³/mol. The molecule has 15 nitrogen and oxygen atoms in total. The van der Waals surface area contributed by atoms with Crippen LogP contribution in [0.2, 0.25) is 0 Å². The first-order chi connectivity index (χ1) is 56.5. The van der Waals surface area contributed by atoms with E-state index < -0.39 is 35.9 Å². The van der Waals surface area contributed by atoms with Crippen molar-refractivity contribution < 1.29 is 61.8 Å². The number of esters is 3. The van der Waals surface area contributed by atoms with Crippen molar-refractivity contribution in [1.29, 1.82) is 0 Å². The lowest BCUT2D eigenvalue weighted by molar-refractivity contribution is -0.149. The Kier molecular flexibility index (Phi) is 68.2. The second-order valence-electron chi connectivity index (χ2n) is 33.0. The molecule has 0 saturated heterocycles. The van der Waals surface area contributed by atoms with Crippen molar-refractivity contribution in [3.8, 4) is 34.5 Å². The van der Waals surface area contributed by atoms with Gasteiger partial charge in [0.05, 0.1) is 65.5 Å². The van der Waals surface area contributed by atoms with Crippen molar-refractivity contribution in [2.45, 2.75) is 445 Å². The molecule has 0 radical (unpaired) electrons. The van der Waals surface area contributed by atoms with Gasteiger partial charge in [0.25, 0.3) is 0 Å². The molecule has 0 aliphatic rings. The van der Waals surface area contributed by atoms with Crippen molar-refractivity contribution in [2.24, 2.45) is 5.73 Å². The zero-order chi connectivity index (χ0) is 82.6. The molecule has 660 valence electrons. The molecular formula is C100H172N2O13. The van der Waals surface area contributed by atoms with E-state index in [4.69, 9.17) is 48.4 Å². The van der Waals surface area contributed by atoms with Gasteiger partial charge in [0.1, 0.15) is 6.04 Å². The Morgan fingerprint density at radius 1 is 0.270 bits per heavy atom. The van der Waals surface area contributed by atoms with Gasteiger partial charge in [0.2, 0.25) is 5.91 Å². The Bertz CT molecular complexity index is 2780. The monoisotopic (exact) mass is 1610 g/mol. The van der Waals surface area contributed by atoms with Gasteiger partial charge >= 0.3 is 17.9 Å². The third-order valence-corrected chi connectivity index (χ3v) is 22.2. The fourth-order valence-corrected chi connectivity index (χ4v) is 14.7. The lowest BCUT2D eigenvalue weighted by Crippen LogP contribution is -2.49. The fraction of sp³-hybridized carbons (Fsp3) is 0.780. The lowest BCUT2D eigenvalue weighted by Gasteiger charge is -2.20. The molecule has 3 rings (SSSR count). The molecular weight excluding hydrogens is 1440 g/mol. The van der Waals surface area contributed by atoms with E-state index in [0.29, 0.717) is 81.9 Å². The molecule has 15 heteroatoms. The number of rotatable bonds is 84. The number of amides is 1. The van der Waals surface area contributed by atoms with Gasteiger partial charge < -0.3 is 53.7 Å². The van der Waals surface area contributed by atoms with Crippen LogP contribution >= 0.6 is 0 Å². The zero-order valence-corrected chi connectivity index (χ0v) is 74.7. The number of carbonyl (C=O) groups excluding carboxylic acids is 4. The summed E-state index contributed by atoms with van der Waals surface area (Å²) in [5.41, 5.74) is 9.31. The van der Waals surface area contributed by atoms with E-state index in [2.05, 4.69) is 46.9 Å². The Hall–Kier alpha value is -5.70. The van der Waals surface area contributed by atoms with Gasteiger partial charge in [-0.2, -0.15) is 0 Å². The minimum Gasteiger partial charge on any atom is -0.490 e. The van der Waals surface area contributed by atoms with Crippen LogP contribution in [0.1, 0.15) is 431 Å². The van der Waals surface area contributed by atoms with Crippen LogP contribution in [0.15, 0.2) is 54.6 Å². The summed E-state index contributed by atoms with van der Waals surface area (Å²) in [5.74, 6) is 1.90. The van der Waals surface area contributed by atoms with Crippen molar-refractivity contribution in [3.05, 3.63) is 71.3 Å². The third-order valence-electron chi connectivity index (χ3n) is 22.2. The molecule has 0 aliphatic carbocycles. The molecule has 0 saturated carbocycles. The maximum absolute atomic E-state index is 14.2. The molecule has 0 unspecified atom stereocenters. The highest BCUT2D eigenvalue weighted by atomic mass is 16.5. The average molecular weight is 1610 g/mol. The van der Waals surface area contributed by atoms with Gasteiger partial charge in [-0.3, -0.25) is 14.4 Å². The summed E-state index contributed by atoms with van der Waals surface area (Å²) in [6.07, 6.45) is 67.4. The smallest absolute Gasteiger partial charge is 0.328 e. The van der Waals surface area contributed by atoms with Crippen LogP contribution in [0.25, 0.3) is 0 Å². The van der Waals surface area contributed by atoms with E-state index in [1.807, 2.05) is 54.6 Å². The molecule has 0 aromatic heterocycles. The van der Waals surface area contributed by atoms with E-state index in [1.54, 1.807) is 0 Å². The fourth-order valence-electron chi connectivity index (χ4n) is 14.7. The number of ether oxygens (including phenoxy) is 9. The van der Waals surface area contributed by atoms with Gasteiger partial charge in [-0.05, 0) is 104 Å². The average Bonchev–Trinajstić information content (AvgIpc) is 0.870. The van der Waals surface area contributed by atoms with E-state index >= 15 is 0 Å². The first-order valence-corrected chi connectivity index (χ1v) is 48.2. The van der Waals surface area contributed by atoms with E-state index in [9.17, 15) is 19.2 Å². The van der Waals surface area contributed by atoms with E-state index in [0.717, 1.165) is 105 Å². The maximum atomic E-state index is 14.2. The van der Waals surface area contributed by atoms with Crippen LogP contribution in [0, 0.1) is 0 Å². The summed E-state index contributed by atoms with van der Waals surface area (Å²) in [6.45, 7) is 17.4. The Balaban J connectivity index is 1.72. The second-order valence-corrected chi connectivity index (χ2v) is 33.0. The summed E-state index contributed by atoms with van der Waals surface area (Å²) in [5, 5.41) is 2.79. The molecule has 0 heterocycles. The van der Waals surface area contributed by atoms with Gasteiger partial charge in [-0.15, -0.1) is 0 Å². The standard InChI is InChI=1S/C100H172N2O13/c1-7-13-19-25-31-37-43-49-55-74-107-91-66-61-86(83-94(91)110-77-58-52-46-40-34-28-22-16-10-4)71-80-113-97(103)69-64-89(101)99(105)102-90(100(106)115-82-73-88-63-68-93(109-76-57-51-45-39-33-27-21-15-9-3)96(85-88)112-79-60-54-48-42-36-30-24-18-12-6)65-70-98(104)114-81-72-87-62-67-92(108-75-56-50-44-38-32-26-20-14-8-2)95(84-87)111-78-59-53-47-41-35-29-23-17-11-5/h61-63,66-68,83-85,89-90H,7-60,64-65,69-82,101H2,1-6H3,(H,102,105)/t89-,90-/m0/s1. The van der Waals surface area contributed by atoms with E-state index in [-0.39, 0.29) is 45.5 Å². The summed E-state index contributed by atoms with van der Waals surface area (Å²) in [4.78, 5) is 55.2. The normalized spacial score (nSPS) is 11.9. The lowest BCUT2D eigenvalue weighted by atomic mass is 10.1. The first kappa shape index (κ1) is 103. The SMILES string of the molecule is CCCCCCCCCCCOc1ccc(CCOC(=O)CC[C@H](NC(=O)[C@@H](N)CCC(=O)OCCc2ccc(OCCCCCCCCCCC)c(OCCCCCCCCCCC)c2)C(=O)OCCc2ccc(OCCCCCCCCCCC)c(OCCCCCCCCCCC)c2)cc1OCCCCCCCCCCC. The minimum absolute atomic E-state index is 0.00286. The first-order valence-electron chi connectivity index (χ1n) is 48.2. The summed E-state index contributed by atoms with van der Waals surface area (Å²) in [6, 6.07) is 15.5. The molecule has 3 N–H and O–H groups in total. The van der Waals surface area contributed by atoms with Gasteiger partial charge in [-0.25, -0.2) is 4.79 Å². The molecule has 115 heavy (non-hydrogen) atoms. The van der Waals surface area contributed by atoms with Crippen LogP contribution in [-0.4, -0.2) is 95.4 Å². The quantitative estimate of drug-likeness (QED) is 0.0308. The van der Waals surface area contributed by atoms with Gasteiger partial charge in [0.15, 0.2) is 34.5 Å². The van der Waals surface area contributed by atoms with Crippen LogP contribution in [0.5, 0.6) is 34.5 Å². The molecule has 3 aromatic rings. The van der Waals surface area contributed by atoms with Crippen molar-refractivity contribution >= 4 is 23.8 Å². The molecule has 3 aromatic carbocycles. The Labute approximate surface area is 703 Å². The number of hydrogen-bond acceptors (Lipinski definition) is 14. The minimum atomic E-state index is -1.23. The van der Waals surface area contributed by atoms with E-state index in [1.165, 1.54) is 270 Å². The third kappa shape index (κ3) is 58.0. The summed E-state index contributed by atoms with van der Waals surface area (Å²) >= 11 is 0. The second kappa shape index (κ2) is 75.7. The molecule has 0 aliphatic heterocycles. The zero-order valence-electron chi connectivity index (χ0n) is 74.7. The highest BCUT2D eigenvalue weighted by Crippen LogP contribution is 2.33. The number of nitrogens with one attached hydrogen (secondary N) is 1. The topological polar surface area (TPSA) is 189 Å². The maximum Gasteiger partial charge on any atom is 0.328 e. The highest BCUT2D eigenvalue weighted by Gasteiger charge is 2.27. The van der Waals surface area contributed by atoms with Crippen molar-refractivity contribution in [1.82, 2.24) is 5.32 Å². The number of benzene rings is 3. The van der Waals surface area contributed by atoms with Crippen LogP contribution in [0.4, 0.5) is 0 Å². The largest absolute Gasteiger partial charge is 0.490 e. The van der Waals surface area contributed by atoms with Crippen molar-refractivity contribution in [3.63, 3.8) is 0 Å². The number of carbonyl (C=O) groups is 4. The van der Waals surface area contributed by atoms with Crippen LogP contribution < -0.4 is 39.5 Å². The molecule has 0 spiro atoms. The van der Waals surface area contributed by atoms with Gasteiger partial charge in [-0.1, -0.05) is 368 Å². The number of unbranched alkanes of at least 4 members (excludes halogenated alkanes) is 48. The van der Waals surface area contributed by atoms with Crippen LogP contribution in [0.3, 0.4) is 0 Å². The highest BCUT2D eigenvalue weighted by molar-refractivity contribution is 5.88. The summed E-state index contributed by atoms with van der Waals surface area (Å²) in [7, 11) is 0. The predicted octanol–water partition coefficient (Wildman–Crippen LogP) is 27.2. The number of hydrogen-bond donors (Lipinski definition) is 2. The Morgan fingerprint density at radius 3 is 0.739 bits per heavy atom. The van der Waals surface area contributed by atoms with Gasteiger partial charge in [0, 0.05) is 32.1 Å². The number of nitrogens with two attached hydrogens (primary N) is 1. The van der Waals surface area contributed by atoms with Crippen LogP contribution in [-0.2, 0) is 52.7 Å². The molecule has 2 atom stereocenters. The Morgan fingerprint density at radius 2 is 0.487 bits per heavy atom. The molecule has 0 bridgehead atoms. The molecule has 1 amide bonds. The van der Waals surface area contributed by atoms with Crippen molar-refractivity contribution in [2.75, 3.05) is 59.5 Å². The molecule has 0 fully saturated rings. The summed E-state index contributed by atoms with van der Waals surface area (Å²) < 4.78 is 55.8.